The van der Waals surface area contributed by atoms with E-state index in [9.17, 15) is 4.79 Å². The van der Waals surface area contributed by atoms with E-state index in [0.717, 1.165) is 38.8 Å². The SMILES string of the molecule is COC(=O)C1CCC2(CCN(Cc3ccccc3)C2S)C1. The molecule has 2 aliphatic rings. The van der Waals surface area contributed by atoms with E-state index in [0.29, 0.717) is 0 Å². The maximum atomic E-state index is 11.8. The van der Waals surface area contributed by atoms with Gasteiger partial charge in [-0.1, -0.05) is 30.3 Å². The molecule has 3 atom stereocenters. The second-order valence-electron chi connectivity index (χ2n) is 6.40. The zero-order valence-corrected chi connectivity index (χ0v) is 13.4. The third-order valence-corrected chi connectivity index (χ3v) is 6.07. The van der Waals surface area contributed by atoms with Crippen LogP contribution in [0, 0.1) is 11.3 Å². The molecule has 3 nitrogen and oxygen atoms in total. The monoisotopic (exact) mass is 305 g/mol. The first-order valence-electron chi connectivity index (χ1n) is 7.68. The Balaban J connectivity index is 1.67. The van der Waals surface area contributed by atoms with E-state index in [-0.39, 0.29) is 22.7 Å². The largest absolute Gasteiger partial charge is 0.469 e. The van der Waals surface area contributed by atoms with Crippen LogP contribution in [-0.4, -0.2) is 29.9 Å². The van der Waals surface area contributed by atoms with Gasteiger partial charge in [0, 0.05) is 13.1 Å². The molecule has 1 aliphatic carbocycles. The third kappa shape index (κ3) is 2.84. The van der Waals surface area contributed by atoms with Crippen molar-refractivity contribution in [3.63, 3.8) is 0 Å². The Kier molecular flexibility index (Phi) is 4.27. The number of likely N-dealkylation sites (tertiary alicyclic amines) is 1. The van der Waals surface area contributed by atoms with Gasteiger partial charge < -0.3 is 4.74 Å². The third-order valence-electron chi connectivity index (χ3n) is 5.20. The van der Waals surface area contributed by atoms with Gasteiger partial charge in [0.2, 0.25) is 0 Å². The standard InChI is InChI=1S/C17H23NO2S/c1-20-15(19)14-7-8-17(11-14)9-10-18(16(17)21)12-13-5-3-2-4-6-13/h2-6,14,16,21H,7-12H2,1H3. The number of carbonyl (C=O) groups is 1. The molecular formula is C17H23NO2S. The van der Waals surface area contributed by atoms with Crippen molar-refractivity contribution in [2.24, 2.45) is 11.3 Å². The van der Waals surface area contributed by atoms with E-state index in [1.807, 2.05) is 6.07 Å². The van der Waals surface area contributed by atoms with Crippen molar-refractivity contribution in [1.29, 1.82) is 0 Å². The molecule has 0 radical (unpaired) electrons. The zero-order valence-electron chi connectivity index (χ0n) is 12.5. The first-order valence-corrected chi connectivity index (χ1v) is 8.20. The Morgan fingerprint density at radius 3 is 2.86 bits per heavy atom. The Morgan fingerprint density at radius 2 is 2.14 bits per heavy atom. The van der Waals surface area contributed by atoms with Crippen molar-refractivity contribution in [3.05, 3.63) is 35.9 Å². The molecule has 2 fully saturated rings. The average Bonchev–Trinajstić information content (AvgIpc) is 3.08. The fourth-order valence-electron chi connectivity index (χ4n) is 3.97. The van der Waals surface area contributed by atoms with Crippen molar-refractivity contribution < 1.29 is 9.53 Å². The summed E-state index contributed by atoms with van der Waals surface area (Å²) in [6.07, 6.45) is 4.11. The van der Waals surface area contributed by atoms with Gasteiger partial charge in [0.15, 0.2) is 0 Å². The van der Waals surface area contributed by atoms with Crippen LogP contribution in [0.25, 0.3) is 0 Å². The fraction of sp³-hybridized carbons (Fsp3) is 0.588. The van der Waals surface area contributed by atoms with E-state index in [1.54, 1.807) is 0 Å². The number of thiol groups is 1. The number of benzene rings is 1. The number of hydrogen-bond acceptors (Lipinski definition) is 4. The van der Waals surface area contributed by atoms with E-state index >= 15 is 0 Å². The van der Waals surface area contributed by atoms with Crippen LogP contribution in [0.2, 0.25) is 0 Å². The molecule has 4 heteroatoms. The molecule has 1 saturated carbocycles. The molecule has 21 heavy (non-hydrogen) atoms. The Labute approximate surface area is 132 Å². The van der Waals surface area contributed by atoms with Gasteiger partial charge in [-0.05, 0) is 36.7 Å². The molecule has 114 valence electrons. The zero-order chi connectivity index (χ0) is 14.9. The topological polar surface area (TPSA) is 29.5 Å². The van der Waals surface area contributed by atoms with Crippen LogP contribution in [0.4, 0.5) is 0 Å². The minimum absolute atomic E-state index is 0.0473. The van der Waals surface area contributed by atoms with Crippen LogP contribution >= 0.6 is 12.6 Å². The normalized spacial score (nSPS) is 32.7. The lowest BCUT2D eigenvalue weighted by molar-refractivity contribution is -0.145. The van der Waals surface area contributed by atoms with Crippen LogP contribution in [0.3, 0.4) is 0 Å². The van der Waals surface area contributed by atoms with Gasteiger partial charge in [0.25, 0.3) is 0 Å². The predicted octanol–water partition coefficient (Wildman–Crippen LogP) is 3.11. The molecule has 0 amide bonds. The van der Waals surface area contributed by atoms with Crippen LogP contribution < -0.4 is 0 Å². The highest BCUT2D eigenvalue weighted by Crippen LogP contribution is 2.53. The van der Waals surface area contributed by atoms with Crippen molar-refractivity contribution in [1.82, 2.24) is 4.90 Å². The molecule has 1 saturated heterocycles. The summed E-state index contributed by atoms with van der Waals surface area (Å²) in [6, 6.07) is 10.5. The summed E-state index contributed by atoms with van der Waals surface area (Å²) in [4.78, 5) is 14.2. The van der Waals surface area contributed by atoms with Crippen molar-refractivity contribution in [3.8, 4) is 0 Å². The highest BCUT2D eigenvalue weighted by Gasteiger charge is 2.51. The maximum absolute atomic E-state index is 11.8. The van der Waals surface area contributed by atoms with Gasteiger partial charge in [-0.15, -0.1) is 0 Å². The lowest BCUT2D eigenvalue weighted by Gasteiger charge is -2.32. The molecule has 1 spiro atoms. The summed E-state index contributed by atoms with van der Waals surface area (Å²) >= 11 is 4.91. The highest BCUT2D eigenvalue weighted by atomic mass is 32.1. The van der Waals surface area contributed by atoms with Gasteiger partial charge >= 0.3 is 5.97 Å². The first-order chi connectivity index (χ1) is 10.1. The number of carbonyl (C=O) groups excluding carboxylic acids is 1. The Hall–Kier alpha value is -1.00. The molecule has 0 aromatic heterocycles. The van der Waals surface area contributed by atoms with Gasteiger partial charge in [-0.3, -0.25) is 9.69 Å². The molecule has 3 unspecified atom stereocenters. The summed E-state index contributed by atoms with van der Waals surface area (Å²) in [5.41, 5.74) is 1.52. The summed E-state index contributed by atoms with van der Waals surface area (Å²) < 4.78 is 4.92. The number of methoxy groups -OCH3 is 1. The van der Waals surface area contributed by atoms with Crippen molar-refractivity contribution >= 4 is 18.6 Å². The second-order valence-corrected chi connectivity index (χ2v) is 6.89. The van der Waals surface area contributed by atoms with Gasteiger partial charge in [0.05, 0.1) is 18.4 Å². The minimum Gasteiger partial charge on any atom is -0.469 e. The average molecular weight is 305 g/mol. The predicted molar refractivity (Wildman–Crippen MR) is 86.0 cm³/mol. The molecule has 1 aromatic rings. The smallest absolute Gasteiger partial charge is 0.308 e. The molecule has 0 bridgehead atoms. The molecular weight excluding hydrogens is 282 g/mol. The van der Waals surface area contributed by atoms with Gasteiger partial charge in [0.1, 0.15) is 0 Å². The second kappa shape index (κ2) is 6.01. The minimum atomic E-state index is -0.0473. The van der Waals surface area contributed by atoms with Crippen LogP contribution in [0.5, 0.6) is 0 Å². The fourth-order valence-corrected chi connectivity index (χ4v) is 4.54. The van der Waals surface area contributed by atoms with Crippen LogP contribution in [-0.2, 0) is 16.1 Å². The first kappa shape index (κ1) is 14.9. The van der Waals surface area contributed by atoms with Gasteiger partial charge in [-0.25, -0.2) is 0 Å². The molecule has 1 heterocycles. The van der Waals surface area contributed by atoms with E-state index < -0.39 is 0 Å². The molecule has 3 rings (SSSR count). The number of rotatable bonds is 3. The lowest BCUT2D eigenvalue weighted by Crippen LogP contribution is -2.34. The number of esters is 1. The maximum Gasteiger partial charge on any atom is 0.308 e. The Morgan fingerprint density at radius 1 is 1.38 bits per heavy atom. The molecule has 1 aliphatic heterocycles. The Bertz CT molecular complexity index is 507. The quantitative estimate of drug-likeness (QED) is 0.687. The number of nitrogens with zero attached hydrogens (tertiary/aromatic N) is 1. The summed E-state index contributed by atoms with van der Waals surface area (Å²) in [5.74, 6) is 0.0234. The van der Waals surface area contributed by atoms with Crippen molar-refractivity contribution in [2.45, 2.75) is 37.6 Å². The van der Waals surface area contributed by atoms with E-state index in [1.165, 1.54) is 12.7 Å². The van der Waals surface area contributed by atoms with Crippen molar-refractivity contribution in [2.75, 3.05) is 13.7 Å². The lowest BCUT2D eigenvalue weighted by atomic mass is 9.84. The summed E-state index contributed by atoms with van der Waals surface area (Å²) in [7, 11) is 1.49. The van der Waals surface area contributed by atoms with E-state index in [4.69, 9.17) is 17.4 Å². The highest BCUT2D eigenvalue weighted by molar-refractivity contribution is 7.80. The molecule has 0 N–H and O–H groups in total. The van der Waals surface area contributed by atoms with Gasteiger partial charge in [-0.2, -0.15) is 12.6 Å². The summed E-state index contributed by atoms with van der Waals surface area (Å²) in [6.45, 7) is 2.01. The van der Waals surface area contributed by atoms with E-state index in [2.05, 4.69) is 29.2 Å². The number of ether oxygens (including phenoxy) is 1. The van der Waals surface area contributed by atoms with Crippen LogP contribution in [0.15, 0.2) is 30.3 Å². The number of hydrogen-bond donors (Lipinski definition) is 1. The summed E-state index contributed by atoms with van der Waals surface area (Å²) in [5, 5.41) is 0.243. The van der Waals surface area contributed by atoms with Crippen LogP contribution in [0.1, 0.15) is 31.2 Å². The molecule has 1 aromatic carbocycles.